The normalized spacial score (nSPS) is 10.8. The minimum absolute atomic E-state index is 0.0350. The molecule has 0 unspecified atom stereocenters. The van der Waals surface area contributed by atoms with Crippen molar-refractivity contribution in [3.63, 3.8) is 0 Å². The molecule has 7 nitrogen and oxygen atoms in total. The van der Waals surface area contributed by atoms with Gasteiger partial charge in [-0.05, 0) is 60.2 Å². The number of H-pyrrole nitrogens is 1. The van der Waals surface area contributed by atoms with Crippen LogP contribution in [0, 0.1) is 5.82 Å². The molecule has 0 radical (unpaired) electrons. The van der Waals surface area contributed by atoms with Crippen LogP contribution in [0.15, 0.2) is 64.5 Å². The molecule has 2 aromatic carbocycles. The maximum atomic E-state index is 13.0. The molecule has 8 heteroatoms. The zero-order valence-corrected chi connectivity index (χ0v) is 13.3. The Balaban J connectivity index is 1.77. The second-order valence-corrected chi connectivity index (χ2v) is 5.28. The number of aromatic hydroxyl groups is 1. The van der Waals surface area contributed by atoms with Gasteiger partial charge in [0.1, 0.15) is 17.3 Å². The van der Waals surface area contributed by atoms with Crippen molar-refractivity contribution in [1.82, 2.24) is 15.4 Å². The molecular weight excluding hydrogens is 339 g/mol. The van der Waals surface area contributed by atoms with Crippen LogP contribution in [0.2, 0.25) is 0 Å². The van der Waals surface area contributed by atoms with Gasteiger partial charge in [-0.2, -0.15) is 10.1 Å². The Labute approximate surface area is 146 Å². The number of hydrazone groups is 1. The van der Waals surface area contributed by atoms with Crippen LogP contribution in [0.5, 0.6) is 5.75 Å². The molecule has 3 aromatic rings. The first-order chi connectivity index (χ1) is 12.5. The third-order valence-corrected chi connectivity index (χ3v) is 3.40. The summed E-state index contributed by atoms with van der Waals surface area (Å²) in [4.78, 5) is 30.0. The molecule has 0 aliphatic rings. The maximum absolute atomic E-state index is 13.0. The standard InChI is InChI=1S/C18H13FN4O3/c19-13-5-3-12(4-6-13)15-9-16(22-18(26)21-15)17(25)23-20-10-11-1-7-14(24)8-2-11/h1-10,24H,(H,23,25)(H,21,22,26)/b20-10+. The van der Waals surface area contributed by atoms with Crippen molar-refractivity contribution in [3.8, 4) is 17.0 Å². The molecule has 0 aliphatic heterocycles. The lowest BCUT2D eigenvalue weighted by Gasteiger charge is -2.04. The average molecular weight is 352 g/mol. The van der Waals surface area contributed by atoms with Crippen molar-refractivity contribution in [1.29, 1.82) is 0 Å². The number of hydrogen-bond acceptors (Lipinski definition) is 5. The zero-order valence-electron chi connectivity index (χ0n) is 13.3. The smallest absolute Gasteiger partial charge is 0.346 e. The topological polar surface area (TPSA) is 107 Å². The maximum Gasteiger partial charge on any atom is 0.346 e. The number of benzene rings is 2. The number of amides is 1. The van der Waals surface area contributed by atoms with Gasteiger partial charge in [-0.25, -0.2) is 14.6 Å². The second-order valence-electron chi connectivity index (χ2n) is 5.28. The molecule has 1 amide bonds. The number of carbonyl (C=O) groups is 1. The van der Waals surface area contributed by atoms with Crippen molar-refractivity contribution in [2.45, 2.75) is 0 Å². The lowest BCUT2D eigenvalue weighted by Crippen LogP contribution is -2.24. The number of nitrogens with zero attached hydrogens (tertiary/aromatic N) is 2. The van der Waals surface area contributed by atoms with Crippen molar-refractivity contribution >= 4 is 12.1 Å². The highest BCUT2D eigenvalue weighted by atomic mass is 19.1. The van der Waals surface area contributed by atoms with E-state index in [2.05, 4.69) is 20.5 Å². The summed E-state index contributed by atoms with van der Waals surface area (Å²) in [6.45, 7) is 0. The molecule has 0 fully saturated rings. The first-order valence-electron chi connectivity index (χ1n) is 7.51. The summed E-state index contributed by atoms with van der Waals surface area (Å²) in [5.74, 6) is -0.933. The number of phenolic OH excluding ortho intramolecular Hbond substituents is 1. The Morgan fingerprint density at radius 2 is 1.85 bits per heavy atom. The van der Waals surface area contributed by atoms with E-state index in [0.717, 1.165) is 0 Å². The molecule has 1 heterocycles. The van der Waals surface area contributed by atoms with Crippen molar-refractivity contribution in [2.75, 3.05) is 0 Å². The van der Waals surface area contributed by atoms with Gasteiger partial charge in [0.25, 0.3) is 5.91 Å². The molecule has 130 valence electrons. The summed E-state index contributed by atoms with van der Waals surface area (Å²) < 4.78 is 13.0. The Morgan fingerprint density at radius 1 is 1.15 bits per heavy atom. The first kappa shape index (κ1) is 17.0. The second kappa shape index (κ2) is 7.39. The molecule has 0 saturated carbocycles. The molecule has 0 atom stereocenters. The lowest BCUT2D eigenvalue weighted by molar-refractivity contribution is 0.0949. The van der Waals surface area contributed by atoms with Gasteiger partial charge in [0, 0.05) is 5.56 Å². The minimum Gasteiger partial charge on any atom is -0.508 e. The summed E-state index contributed by atoms with van der Waals surface area (Å²) in [7, 11) is 0. The van der Waals surface area contributed by atoms with Crippen LogP contribution in [-0.4, -0.2) is 27.2 Å². The summed E-state index contributed by atoms with van der Waals surface area (Å²) in [6.07, 6.45) is 1.39. The van der Waals surface area contributed by atoms with E-state index < -0.39 is 17.4 Å². The third kappa shape index (κ3) is 4.18. The SMILES string of the molecule is O=C(N/N=C/c1ccc(O)cc1)c1cc(-c2ccc(F)cc2)nc(=O)[nH]1. The highest BCUT2D eigenvalue weighted by Gasteiger charge is 2.10. The Morgan fingerprint density at radius 3 is 2.54 bits per heavy atom. The van der Waals surface area contributed by atoms with Crippen molar-refractivity contribution in [2.24, 2.45) is 5.10 Å². The summed E-state index contributed by atoms with van der Waals surface area (Å²) >= 11 is 0. The highest BCUT2D eigenvalue weighted by molar-refractivity contribution is 5.93. The van der Waals surface area contributed by atoms with Crippen LogP contribution < -0.4 is 11.1 Å². The number of carbonyl (C=O) groups excluding carboxylic acids is 1. The Bertz CT molecular complexity index is 1010. The molecule has 3 N–H and O–H groups in total. The van der Waals surface area contributed by atoms with Crippen LogP contribution in [0.25, 0.3) is 11.3 Å². The van der Waals surface area contributed by atoms with E-state index in [1.165, 1.54) is 48.7 Å². The monoisotopic (exact) mass is 352 g/mol. The van der Waals surface area contributed by atoms with Gasteiger partial charge >= 0.3 is 5.69 Å². The molecule has 3 rings (SSSR count). The van der Waals surface area contributed by atoms with Gasteiger partial charge in [-0.1, -0.05) is 0 Å². The Hall–Kier alpha value is -3.81. The lowest BCUT2D eigenvalue weighted by atomic mass is 10.1. The number of aromatic amines is 1. The fourth-order valence-electron chi connectivity index (χ4n) is 2.13. The van der Waals surface area contributed by atoms with Crippen LogP contribution in [-0.2, 0) is 0 Å². The predicted molar refractivity (Wildman–Crippen MR) is 93.4 cm³/mol. The summed E-state index contributed by atoms with van der Waals surface area (Å²) in [5.41, 5.74) is 2.95. The largest absolute Gasteiger partial charge is 0.508 e. The van der Waals surface area contributed by atoms with Crippen molar-refractivity contribution in [3.05, 3.63) is 82.2 Å². The van der Waals surface area contributed by atoms with Gasteiger partial charge in [0.2, 0.25) is 0 Å². The zero-order chi connectivity index (χ0) is 18.5. The van der Waals surface area contributed by atoms with Gasteiger partial charge in [0.05, 0.1) is 11.9 Å². The van der Waals surface area contributed by atoms with E-state index in [1.807, 2.05) is 0 Å². The number of hydrogen-bond donors (Lipinski definition) is 3. The molecule has 0 bridgehead atoms. The average Bonchev–Trinajstić information content (AvgIpc) is 2.63. The number of nitrogens with one attached hydrogen (secondary N) is 2. The van der Waals surface area contributed by atoms with Gasteiger partial charge < -0.3 is 10.1 Å². The molecule has 0 spiro atoms. The highest BCUT2D eigenvalue weighted by Crippen LogP contribution is 2.16. The fraction of sp³-hybridized carbons (Fsp3) is 0. The number of phenols is 1. The third-order valence-electron chi connectivity index (χ3n) is 3.40. The van der Waals surface area contributed by atoms with Crippen LogP contribution in [0.1, 0.15) is 16.1 Å². The minimum atomic E-state index is -0.709. The molecule has 0 aliphatic carbocycles. The quantitative estimate of drug-likeness (QED) is 0.493. The van der Waals surface area contributed by atoms with Gasteiger partial charge in [-0.15, -0.1) is 0 Å². The number of rotatable bonds is 4. The van der Waals surface area contributed by atoms with Crippen molar-refractivity contribution < 1.29 is 14.3 Å². The van der Waals surface area contributed by atoms with E-state index in [1.54, 1.807) is 12.1 Å². The van der Waals surface area contributed by atoms with Crippen LogP contribution in [0.3, 0.4) is 0 Å². The predicted octanol–water partition coefficient (Wildman–Crippen LogP) is 2.05. The van der Waals surface area contributed by atoms with E-state index >= 15 is 0 Å². The number of halogens is 1. The molecule has 0 saturated heterocycles. The molecule has 26 heavy (non-hydrogen) atoms. The molecular formula is C18H13FN4O3. The fourth-order valence-corrected chi connectivity index (χ4v) is 2.13. The first-order valence-corrected chi connectivity index (χ1v) is 7.51. The van der Waals surface area contributed by atoms with E-state index in [0.29, 0.717) is 11.1 Å². The Kier molecular flexibility index (Phi) is 4.84. The van der Waals surface area contributed by atoms with E-state index in [9.17, 15) is 19.1 Å². The van der Waals surface area contributed by atoms with Crippen LogP contribution in [0.4, 0.5) is 4.39 Å². The van der Waals surface area contributed by atoms with E-state index in [4.69, 9.17) is 0 Å². The number of aromatic nitrogens is 2. The van der Waals surface area contributed by atoms with Crippen LogP contribution >= 0.6 is 0 Å². The van der Waals surface area contributed by atoms with Gasteiger partial charge in [-0.3, -0.25) is 4.79 Å². The summed E-state index contributed by atoms with van der Waals surface area (Å²) in [5, 5.41) is 13.0. The van der Waals surface area contributed by atoms with Gasteiger partial charge in [0.15, 0.2) is 0 Å². The molecule has 1 aromatic heterocycles. The van der Waals surface area contributed by atoms with E-state index in [-0.39, 0.29) is 17.1 Å². The summed E-state index contributed by atoms with van der Waals surface area (Å²) in [6, 6.07) is 13.0.